The smallest absolute Gasteiger partial charge is 0.217 e. The summed E-state index contributed by atoms with van der Waals surface area (Å²) in [5, 5.41) is 55.1. The molecule has 13 heteroatoms. The van der Waals surface area contributed by atoms with E-state index in [-0.39, 0.29) is 0 Å². The number of hydrogen-bond acceptors (Lipinski definition) is 11. The Balaban J connectivity index is 2.33. The van der Waals surface area contributed by atoms with Crippen molar-refractivity contribution in [2.24, 2.45) is 0 Å². The number of amides is 2. The Kier molecular flexibility index (Phi) is 9.75. The van der Waals surface area contributed by atoms with E-state index in [1.807, 2.05) is 0 Å². The van der Waals surface area contributed by atoms with Crippen LogP contribution in [0.2, 0.25) is 0 Å². The molecule has 2 heterocycles. The van der Waals surface area contributed by atoms with Crippen LogP contribution in [0.1, 0.15) is 27.7 Å². The largest absolute Gasteiger partial charge is 0.394 e. The molecule has 186 valence electrons. The number of carbonyl (C=O) groups is 2. The molecule has 2 amide bonds. The van der Waals surface area contributed by atoms with E-state index in [4.69, 9.17) is 18.9 Å². The van der Waals surface area contributed by atoms with E-state index in [1.54, 1.807) is 0 Å². The maximum Gasteiger partial charge on any atom is 0.217 e. The van der Waals surface area contributed by atoms with Gasteiger partial charge >= 0.3 is 0 Å². The molecular weight excluding hydrogens is 432 g/mol. The molecule has 7 N–H and O–H groups in total. The molecule has 2 rings (SSSR count). The molecule has 0 aromatic carbocycles. The van der Waals surface area contributed by atoms with Crippen molar-refractivity contribution < 1.29 is 54.1 Å². The van der Waals surface area contributed by atoms with Gasteiger partial charge in [0.15, 0.2) is 12.6 Å². The maximum atomic E-state index is 11.8. The SMILES string of the molecule is CC(=O)N[C@@H]1[C@H](O[C@H]2[C@H](O)[C@@H](C)O[C@@H](OC(CO)CO)[C@@H]2NC(C)=O)O[C@@H](C)[C@@H](O)[C@H]1O. The predicted molar refractivity (Wildman–Crippen MR) is 106 cm³/mol. The van der Waals surface area contributed by atoms with Crippen LogP contribution in [-0.4, -0.2) is 118 Å². The highest BCUT2D eigenvalue weighted by Gasteiger charge is 2.51. The molecule has 32 heavy (non-hydrogen) atoms. The third-order valence-corrected chi connectivity index (χ3v) is 5.42. The highest BCUT2D eigenvalue weighted by molar-refractivity contribution is 5.73. The average molecular weight is 466 g/mol. The summed E-state index contributed by atoms with van der Waals surface area (Å²) in [5.41, 5.74) is 0. The first-order valence-electron chi connectivity index (χ1n) is 10.4. The third kappa shape index (κ3) is 6.34. The molecule has 0 unspecified atom stereocenters. The topological polar surface area (TPSA) is 196 Å². The van der Waals surface area contributed by atoms with Gasteiger partial charge in [0.1, 0.15) is 42.6 Å². The molecule has 2 aliphatic rings. The van der Waals surface area contributed by atoms with Crippen LogP contribution < -0.4 is 10.6 Å². The van der Waals surface area contributed by atoms with Gasteiger partial charge in [-0.3, -0.25) is 9.59 Å². The van der Waals surface area contributed by atoms with E-state index in [2.05, 4.69) is 10.6 Å². The van der Waals surface area contributed by atoms with Gasteiger partial charge in [0, 0.05) is 13.8 Å². The van der Waals surface area contributed by atoms with E-state index < -0.39 is 92.4 Å². The van der Waals surface area contributed by atoms with Crippen molar-refractivity contribution in [3.05, 3.63) is 0 Å². The minimum Gasteiger partial charge on any atom is -0.394 e. The summed E-state index contributed by atoms with van der Waals surface area (Å²) in [7, 11) is 0. The van der Waals surface area contributed by atoms with Crippen LogP contribution in [0.15, 0.2) is 0 Å². The first kappa shape index (κ1) is 26.8. The number of carbonyl (C=O) groups excluding carboxylic acids is 2. The number of rotatable bonds is 8. The summed E-state index contributed by atoms with van der Waals surface area (Å²) in [6, 6.07) is -2.29. The summed E-state index contributed by atoms with van der Waals surface area (Å²) >= 11 is 0. The Bertz CT molecular complexity index is 634. The third-order valence-electron chi connectivity index (χ3n) is 5.42. The molecule has 0 saturated carbocycles. The van der Waals surface area contributed by atoms with Crippen LogP contribution >= 0.6 is 0 Å². The van der Waals surface area contributed by atoms with Gasteiger partial charge in [-0.1, -0.05) is 0 Å². The van der Waals surface area contributed by atoms with E-state index in [9.17, 15) is 35.1 Å². The van der Waals surface area contributed by atoms with Crippen LogP contribution in [0.4, 0.5) is 0 Å². The van der Waals surface area contributed by atoms with Gasteiger partial charge in [0.25, 0.3) is 0 Å². The molecule has 0 radical (unpaired) electrons. The van der Waals surface area contributed by atoms with Crippen LogP contribution in [0.3, 0.4) is 0 Å². The quantitative estimate of drug-likeness (QED) is 0.186. The van der Waals surface area contributed by atoms with E-state index in [1.165, 1.54) is 27.7 Å². The second-order valence-corrected chi connectivity index (χ2v) is 8.07. The number of ether oxygens (including phenoxy) is 4. The molecule has 0 aromatic heterocycles. The summed E-state index contributed by atoms with van der Waals surface area (Å²) < 4.78 is 22.8. The molecule has 2 aliphatic heterocycles. The monoisotopic (exact) mass is 466 g/mol. The van der Waals surface area contributed by atoms with Crippen molar-refractivity contribution in [2.45, 2.75) is 95.1 Å². The minimum absolute atomic E-state index is 0.501. The van der Waals surface area contributed by atoms with E-state index >= 15 is 0 Å². The van der Waals surface area contributed by atoms with Crippen LogP contribution in [-0.2, 0) is 28.5 Å². The van der Waals surface area contributed by atoms with Gasteiger partial charge in [-0.2, -0.15) is 0 Å². The Morgan fingerprint density at radius 2 is 1.34 bits per heavy atom. The zero-order valence-corrected chi connectivity index (χ0v) is 18.5. The first-order valence-corrected chi connectivity index (χ1v) is 10.4. The van der Waals surface area contributed by atoms with Crippen molar-refractivity contribution in [3.8, 4) is 0 Å². The van der Waals surface area contributed by atoms with Gasteiger partial charge < -0.3 is 55.1 Å². The summed E-state index contributed by atoms with van der Waals surface area (Å²) in [6.07, 6.45) is -10.5. The molecular formula is C19H34N2O11. The fraction of sp³-hybridized carbons (Fsp3) is 0.895. The summed E-state index contributed by atoms with van der Waals surface area (Å²) in [6.45, 7) is 4.43. The molecule has 13 nitrogen and oxygen atoms in total. The lowest BCUT2D eigenvalue weighted by Gasteiger charge is -2.48. The lowest BCUT2D eigenvalue weighted by Crippen LogP contribution is -2.69. The molecule has 10 atom stereocenters. The molecule has 2 saturated heterocycles. The summed E-state index contributed by atoms with van der Waals surface area (Å²) in [4.78, 5) is 23.5. The van der Waals surface area contributed by atoms with Crippen LogP contribution in [0.5, 0.6) is 0 Å². The second kappa shape index (κ2) is 11.6. The Morgan fingerprint density at radius 1 is 0.844 bits per heavy atom. The lowest BCUT2D eigenvalue weighted by molar-refractivity contribution is -0.327. The maximum absolute atomic E-state index is 11.8. The van der Waals surface area contributed by atoms with Gasteiger partial charge in [-0.25, -0.2) is 0 Å². The molecule has 0 spiro atoms. The number of hydrogen-bond donors (Lipinski definition) is 7. The Hall–Kier alpha value is -1.42. The van der Waals surface area contributed by atoms with Crippen molar-refractivity contribution >= 4 is 11.8 Å². The van der Waals surface area contributed by atoms with Gasteiger partial charge in [0.2, 0.25) is 11.8 Å². The van der Waals surface area contributed by atoms with Crippen molar-refractivity contribution in [1.29, 1.82) is 0 Å². The van der Waals surface area contributed by atoms with Crippen molar-refractivity contribution in [2.75, 3.05) is 13.2 Å². The average Bonchev–Trinajstić information content (AvgIpc) is 2.72. The fourth-order valence-corrected chi connectivity index (χ4v) is 3.70. The van der Waals surface area contributed by atoms with Gasteiger partial charge in [0.05, 0.1) is 25.4 Å². The van der Waals surface area contributed by atoms with Crippen LogP contribution in [0, 0.1) is 0 Å². The van der Waals surface area contributed by atoms with Crippen molar-refractivity contribution in [1.82, 2.24) is 10.6 Å². The normalized spacial score (nSPS) is 40.2. The fourth-order valence-electron chi connectivity index (χ4n) is 3.70. The number of aliphatic hydroxyl groups excluding tert-OH is 5. The Labute approximate surface area is 185 Å². The first-order chi connectivity index (χ1) is 15.0. The molecule has 0 bridgehead atoms. The Morgan fingerprint density at radius 3 is 1.88 bits per heavy atom. The molecule has 0 aliphatic carbocycles. The van der Waals surface area contributed by atoms with E-state index in [0.717, 1.165) is 0 Å². The summed E-state index contributed by atoms with van der Waals surface area (Å²) in [5.74, 6) is -1.01. The standard InChI is InChI=1S/C19H34N2O11/c1-7-14(26)16(28)12(20-9(3)24)18(29-7)32-17-13(21-10(4)25)19(30-8(2)15(17)27)31-11(5-22)6-23/h7-8,11-19,22-23,26-28H,5-6H2,1-4H3,(H,20,24)(H,21,25)/t7-,8+,12-,13+,14+,15+,16-,17+,18-,19-/m0/s1. The molecule has 2 fully saturated rings. The highest BCUT2D eigenvalue weighted by atomic mass is 16.7. The number of aliphatic hydroxyl groups is 5. The minimum atomic E-state index is -1.43. The lowest BCUT2D eigenvalue weighted by atomic mass is 9.95. The van der Waals surface area contributed by atoms with Gasteiger partial charge in [-0.15, -0.1) is 0 Å². The molecule has 0 aromatic rings. The van der Waals surface area contributed by atoms with Crippen molar-refractivity contribution in [3.63, 3.8) is 0 Å². The van der Waals surface area contributed by atoms with E-state index in [0.29, 0.717) is 0 Å². The predicted octanol–water partition coefficient (Wildman–Crippen LogP) is -3.68. The van der Waals surface area contributed by atoms with Gasteiger partial charge in [-0.05, 0) is 13.8 Å². The zero-order chi connectivity index (χ0) is 24.2. The second-order valence-electron chi connectivity index (χ2n) is 8.07. The highest BCUT2D eigenvalue weighted by Crippen LogP contribution is 2.30. The number of nitrogens with one attached hydrogen (secondary N) is 2. The zero-order valence-electron chi connectivity index (χ0n) is 18.5. The van der Waals surface area contributed by atoms with Crippen LogP contribution in [0.25, 0.3) is 0 Å².